The lowest BCUT2D eigenvalue weighted by atomic mass is 9.92. The lowest BCUT2D eigenvalue weighted by molar-refractivity contribution is -0.0172. The Morgan fingerprint density at radius 2 is 2.31 bits per heavy atom. The van der Waals surface area contributed by atoms with E-state index in [9.17, 15) is 4.39 Å². The normalized spacial score (nSPS) is 16.4. The quantitative estimate of drug-likeness (QED) is 0.857. The van der Waals surface area contributed by atoms with Crippen molar-refractivity contribution in [3.05, 3.63) is 29.1 Å². The van der Waals surface area contributed by atoms with Crippen molar-refractivity contribution in [3.8, 4) is 5.75 Å². The molecule has 4 heteroatoms. The van der Waals surface area contributed by atoms with Gasteiger partial charge in [-0.2, -0.15) is 0 Å². The Morgan fingerprint density at radius 1 is 1.50 bits per heavy atom. The first-order chi connectivity index (χ1) is 7.74. The summed E-state index contributed by atoms with van der Waals surface area (Å²) in [4.78, 5) is 0. The molecule has 2 rings (SSSR count). The molecule has 0 aliphatic carbocycles. The number of fused-ring (bicyclic) bond motifs is 1. The zero-order valence-electron chi connectivity index (χ0n) is 9.33. The van der Waals surface area contributed by atoms with E-state index in [1.165, 1.54) is 6.07 Å². The summed E-state index contributed by atoms with van der Waals surface area (Å²) in [5.74, 6) is 0.616. The van der Waals surface area contributed by atoms with E-state index in [4.69, 9.17) is 15.2 Å². The molecule has 1 unspecified atom stereocenters. The highest BCUT2D eigenvalue weighted by atomic mass is 19.1. The molecule has 0 saturated carbocycles. The fourth-order valence-electron chi connectivity index (χ4n) is 2.08. The van der Waals surface area contributed by atoms with E-state index in [-0.39, 0.29) is 18.5 Å². The van der Waals surface area contributed by atoms with Crippen molar-refractivity contribution in [2.24, 2.45) is 5.73 Å². The van der Waals surface area contributed by atoms with Crippen LogP contribution in [0.1, 0.15) is 30.4 Å². The Kier molecular flexibility index (Phi) is 3.41. The predicted molar refractivity (Wildman–Crippen MR) is 58.8 cm³/mol. The van der Waals surface area contributed by atoms with Gasteiger partial charge in [0.2, 0.25) is 0 Å². The van der Waals surface area contributed by atoms with Gasteiger partial charge in [0, 0.05) is 5.56 Å². The lowest BCUT2D eigenvalue weighted by Gasteiger charge is -2.23. The minimum Gasteiger partial charge on any atom is -0.467 e. The van der Waals surface area contributed by atoms with Crippen LogP contribution in [0.15, 0.2) is 12.1 Å². The fourth-order valence-corrected chi connectivity index (χ4v) is 2.08. The van der Waals surface area contributed by atoms with Gasteiger partial charge in [-0.1, -0.05) is 6.92 Å². The molecule has 1 aromatic carbocycles. The van der Waals surface area contributed by atoms with E-state index in [1.807, 2.05) is 6.92 Å². The summed E-state index contributed by atoms with van der Waals surface area (Å²) in [6.07, 6.45) is 0.757. The number of benzene rings is 1. The molecular weight excluding hydrogens is 209 g/mol. The van der Waals surface area contributed by atoms with Crippen molar-refractivity contribution in [2.75, 3.05) is 13.3 Å². The van der Waals surface area contributed by atoms with Crippen LogP contribution in [0.5, 0.6) is 5.75 Å². The zero-order chi connectivity index (χ0) is 11.5. The van der Waals surface area contributed by atoms with Crippen molar-refractivity contribution in [1.82, 2.24) is 0 Å². The van der Waals surface area contributed by atoms with Gasteiger partial charge in [0.1, 0.15) is 11.6 Å². The van der Waals surface area contributed by atoms with Gasteiger partial charge in [0.25, 0.3) is 0 Å². The third kappa shape index (κ3) is 2.03. The monoisotopic (exact) mass is 225 g/mol. The molecule has 88 valence electrons. The van der Waals surface area contributed by atoms with Crippen molar-refractivity contribution in [1.29, 1.82) is 0 Å². The highest BCUT2D eigenvalue weighted by Crippen LogP contribution is 2.34. The molecule has 0 spiro atoms. The zero-order valence-corrected chi connectivity index (χ0v) is 9.33. The molecule has 0 amide bonds. The van der Waals surface area contributed by atoms with Gasteiger partial charge in [-0.25, -0.2) is 4.39 Å². The summed E-state index contributed by atoms with van der Waals surface area (Å²) < 4.78 is 24.3. The summed E-state index contributed by atoms with van der Waals surface area (Å²) in [5, 5.41) is 0. The standard InChI is InChI=1S/C12H16FNO2/c1-8(4-5-14)12-9-6-15-7-16-11(9)3-2-10(12)13/h2-3,8H,4-7,14H2,1H3. The second-order valence-electron chi connectivity index (χ2n) is 4.03. The van der Waals surface area contributed by atoms with Gasteiger partial charge in [0.05, 0.1) is 6.61 Å². The Balaban J connectivity index is 2.41. The van der Waals surface area contributed by atoms with Crippen molar-refractivity contribution >= 4 is 0 Å². The minimum absolute atomic E-state index is 0.0882. The van der Waals surface area contributed by atoms with Crippen LogP contribution in [-0.2, 0) is 11.3 Å². The first-order valence-corrected chi connectivity index (χ1v) is 5.46. The van der Waals surface area contributed by atoms with Crippen molar-refractivity contribution < 1.29 is 13.9 Å². The first kappa shape index (κ1) is 11.4. The molecule has 0 aromatic heterocycles. The molecule has 1 aromatic rings. The van der Waals surface area contributed by atoms with Gasteiger partial charge in [-0.3, -0.25) is 0 Å². The summed E-state index contributed by atoms with van der Waals surface area (Å²) in [7, 11) is 0. The molecule has 0 radical (unpaired) electrons. The molecule has 1 aliphatic heterocycles. The highest BCUT2D eigenvalue weighted by Gasteiger charge is 2.21. The van der Waals surface area contributed by atoms with E-state index in [1.54, 1.807) is 6.07 Å². The minimum atomic E-state index is -0.200. The van der Waals surface area contributed by atoms with Gasteiger partial charge < -0.3 is 15.2 Å². The van der Waals surface area contributed by atoms with Crippen LogP contribution in [0.3, 0.4) is 0 Å². The molecule has 3 nitrogen and oxygen atoms in total. The summed E-state index contributed by atoms with van der Waals surface area (Å²) >= 11 is 0. The SMILES string of the molecule is CC(CCN)c1c(F)ccc2c1COCO2. The van der Waals surface area contributed by atoms with Gasteiger partial charge in [-0.05, 0) is 36.6 Å². The van der Waals surface area contributed by atoms with E-state index in [2.05, 4.69) is 0 Å². The molecule has 0 saturated heterocycles. The third-order valence-corrected chi connectivity index (χ3v) is 2.90. The second-order valence-corrected chi connectivity index (χ2v) is 4.03. The Labute approximate surface area is 94.3 Å². The van der Waals surface area contributed by atoms with Crippen LogP contribution >= 0.6 is 0 Å². The van der Waals surface area contributed by atoms with E-state index >= 15 is 0 Å². The van der Waals surface area contributed by atoms with Gasteiger partial charge in [0.15, 0.2) is 6.79 Å². The Bertz CT molecular complexity index is 382. The highest BCUT2D eigenvalue weighted by molar-refractivity contribution is 5.43. The summed E-state index contributed by atoms with van der Waals surface area (Å²) in [6.45, 7) is 3.17. The predicted octanol–water partition coefficient (Wildman–Crippen LogP) is 2.14. The van der Waals surface area contributed by atoms with E-state index in [0.717, 1.165) is 17.7 Å². The summed E-state index contributed by atoms with van der Waals surface area (Å²) in [6, 6.07) is 3.11. The van der Waals surface area contributed by atoms with Crippen LogP contribution in [0.25, 0.3) is 0 Å². The van der Waals surface area contributed by atoms with E-state index < -0.39 is 0 Å². The molecule has 16 heavy (non-hydrogen) atoms. The molecule has 0 fully saturated rings. The maximum Gasteiger partial charge on any atom is 0.189 e. The molecule has 1 heterocycles. The number of hydrogen-bond donors (Lipinski definition) is 1. The Hall–Kier alpha value is -1.13. The number of nitrogens with two attached hydrogens (primary N) is 1. The van der Waals surface area contributed by atoms with Crippen LogP contribution in [0.2, 0.25) is 0 Å². The topological polar surface area (TPSA) is 44.5 Å². The van der Waals surface area contributed by atoms with Crippen molar-refractivity contribution in [2.45, 2.75) is 25.9 Å². The van der Waals surface area contributed by atoms with Crippen LogP contribution in [0, 0.1) is 5.82 Å². The number of ether oxygens (including phenoxy) is 2. The number of rotatable bonds is 3. The smallest absolute Gasteiger partial charge is 0.189 e. The maximum absolute atomic E-state index is 13.8. The van der Waals surface area contributed by atoms with Gasteiger partial charge >= 0.3 is 0 Å². The number of hydrogen-bond acceptors (Lipinski definition) is 3. The average Bonchev–Trinajstić information content (AvgIpc) is 2.29. The van der Waals surface area contributed by atoms with Crippen LogP contribution < -0.4 is 10.5 Å². The van der Waals surface area contributed by atoms with Gasteiger partial charge in [-0.15, -0.1) is 0 Å². The first-order valence-electron chi connectivity index (χ1n) is 5.46. The third-order valence-electron chi connectivity index (χ3n) is 2.90. The van der Waals surface area contributed by atoms with Crippen LogP contribution in [0.4, 0.5) is 4.39 Å². The van der Waals surface area contributed by atoms with Crippen LogP contribution in [-0.4, -0.2) is 13.3 Å². The molecular formula is C12H16FNO2. The number of halogens is 1. The fraction of sp³-hybridized carbons (Fsp3) is 0.500. The molecule has 2 N–H and O–H groups in total. The lowest BCUT2D eigenvalue weighted by Crippen LogP contribution is -2.16. The Morgan fingerprint density at radius 3 is 3.06 bits per heavy atom. The second kappa shape index (κ2) is 4.80. The molecule has 1 aliphatic rings. The largest absolute Gasteiger partial charge is 0.467 e. The summed E-state index contributed by atoms with van der Waals surface area (Å²) in [5.41, 5.74) is 7.02. The maximum atomic E-state index is 13.8. The average molecular weight is 225 g/mol. The molecule has 1 atom stereocenters. The van der Waals surface area contributed by atoms with E-state index in [0.29, 0.717) is 18.7 Å². The van der Waals surface area contributed by atoms with Crippen molar-refractivity contribution in [3.63, 3.8) is 0 Å². The molecule has 0 bridgehead atoms.